The molecule has 0 bridgehead atoms. The average molecular weight is 461 g/mol. The molecule has 1 saturated heterocycles. The Hall–Kier alpha value is -1.75. The standard InChI is InChI=1S/C27H40O4S/c1-4-5-9-14-21(2)19-25(32-22-15-10-8-11-16-22)24-20-31-27(29)23(24)17-12-6-7-13-18-26(28)30-3/h8,10-11,15-16,19,23-25H,4-7,9,12-14,17-18,20H2,1-3H3. The normalized spacial score (nSPS) is 19.6. The number of hydrogen-bond donors (Lipinski definition) is 0. The van der Waals surface area contributed by atoms with Gasteiger partial charge in [0.2, 0.25) is 0 Å². The smallest absolute Gasteiger partial charge is 0.309 e. The molecule has 0 saturated carbocycles. The Morgan fingerprint density at radius 3 is 2.56 bits per heavy atom. The van der Waals surface area contributed by atoms with Crippen molar-refractivity contribution in [2.45, 2.75) is 88.2 Å². The van der Waals surface area contributed by atoms with Crippen molar-refractivity contribution in [1.82, 2.24) is 0 Å². The molecular weight excluding hydrogens is 420 g/mol. The van der Waals surface area contributed by atoms with Crippen LogP contribution in [0.2, 0.25) is 0 Å². The number of cyclic esters (lactones) is 1. The second kappa shape index (κ2) is 15.2. The zero-order chi connectivity index (χ0) is 23.2. The van der Waals surface area contributed by atoms with Gasteiger partial charge in [-0.1, -0.05) is 68.9 Å². The molecule has 1 fully saturated rings. The summed E-state index contributed by atoms with van der Waals surface area (Å²) in [4.78, 5) is 25.0. The van der Waals surface area contributed by atoms with Crippen LogP contribution in [-0.2, 0) is 19.1 Å². The van der Waals surface area contributed by atoms with E-state index in [4.69, 9.17) is 9.47 Å². The molecule has 178 valence electrons. The molecule has 3 unspecified atom stereocenters. The van der Waals surface area contributed by atoms with E-state index in [0.29, 0.717) is 13.0 Å². The summed E-state index contributed by atoms with van der Waals surface area (Å²) in [6.07, 6.45) is 12.4. The summed E-state index contributed by atoms with van der Waals surface area (Å²) < 4.78 is 10.3. The molecule has 1 aliphatic rings. The van der Waals surface area contributed by atoms with Gasteiger partial charge in [0.25, 0.3) is 0 Å². The van der Waals surface area contributed by atoms with Crippen LogP contribution in [0.3, 0.4) is 0 Å². The van der Waals surface area contributed by atoms with Gasteiger partial charge in [0.05, 0.1) is 19.6 Å². The predicted molar refractivity (Wildman–Crippen MR) is 132 cm³/mol. The lowest BCUT2D eigenvalue weighted by Crippen LogP contribution is -2.25. The van der Waals surface area contributed by atoms with Crippen molar-refractivity contribution < 1.29 is 19.1 Å². The lowest BCUT2D eigenvalue weighted by Gasteiger charge is -2.24. The summed E-state index contributed by atoms with van der Waals surface area (Å²) in [5.74, 6) is -0.0352. The number of unbranched alkanes of at least 4 members (excludes halogenated alkanes) is 5. The Balaban J connectivity index is 1.99. The maximum Gasteiger partial charge on any atom is 0.309 e. The lowest BCUT2D eigenvalue weighted by molar-refractivity contribution is -0.141. The van der Waals surface area contributed by atoms with E-state index in [9.17, 15) is 9.59 Å². The monoisotopic (exact) mass is 460 g/mol. The van der Waals surface area contributed by atoms with Crippen molar-refractivity contribution in [3.63, 3.8) is 0 Å². The van der Waals surface area contributed by atoms with Crippen LogP contribution in [0.25, 0.3) is 0 Å². The van der Waals surface area contributed by atoms with Crippen LogP contribution in [0.1, 0.15) is 78.1 Å². The first-order chi connectivity index (χ1) is 15.5. The van der Waals surface area contributed by atoms with E-state index in [0.717, 1.165) is 38.5 Å². The van der Waals surface area contributed by atoms with Crippen LogP contribution in [0, 0.1) is 11.8 Å². The molecule has 0 radical (unpaired) electrons. The molecule has 3 atom stereocenters. The Kier molecular flexibility index (Phi) is 12.5. The molecule has 1 aromatic rings. The van der Waals surface area contributed by atoms with Gasteiger partial charge in [-0.3, -0.25) is 9.59 Å². The van der Waals surface area contributed by atoms with Crippen molar-refractivity contribution in [3.05, 3.63) is 42.0 Å². The third kappa shape index (κ3) is 9.40. The summed E-state index contributed by atoms with van der Waals surface area (Å²) in [5, 5.41) is 0.231. The van der Waals surface area contributed by atoms with Crippen molar-refractivity contribution in [3.8, 4) is 0 Å². The molecule has 0 spiro atoms. The number of ether oxygens (including phenoxy) is 2. The van der Waals surface area contributed by atoms with Crippen LogP contribution >= 0.6 is 11.8 Å². The second-order valence-electron chi connectivity index (χ2n) is 8.80. The van der Waals surface area contributed by atoms with Crippen molar-refractivity contribution in [1.29, 1.82) is 0 Å². The van der Waals surface area contributed by atoms with Crippen molar-refractivity contribution >= 4 is 23.7 Å². The highest BCUT2D eigenvalue weighted by atomic mass is 32.2. The quantitative estimate of drug-likeness (QED) is 0.122. The molecule has 4 nitrogen and oxygen atoms in total. The number of thioether (sulfide) groups is 1. The highest BCUT2D eigenvalue weighted by molar-refractivity contribution is 8.00. The fraction of sp³-hybridized carbons (Fsp3) is 0.630. The predicted octanol–water partition coefficient (Wildman–Crippen LogP) is 6.98. The number of rotatable bonds is 15. The average Bonchev–Trinajstić information content (AvgIpc) is 3.16. The van der Waals surface area contributed by atoms with E-state index in [1.54, 1.807) is 0 Å². The maximum atomic E-state index is 12.6. The topological polar surface area (TPSA) is 52.6 Å². The summed E-state index contributed by atoms with van der Waals surface area (Å²) in [5.41, 5.74) is 1.41. The van der Waals surface area contributed by atoms with E-state index in [1.807, 2.05) is 17.8 Å². The number of carbonyl (C=O) groups excluding carboxylic acids is 2. The van der Waals surface area contributed by atoms with E-state index in [1.165, 1.54) is 36.8 Å². The minimum Gasteiger partial charge on any atom is -0.469 e. The van der Waals surface area contributed by atoms with Crippen molar-refractivity contribution in [2.75, 3.05) is 13.7 Å². The van der Waals surface area contributed by atoms with Gasteiger partial charge in [-0.2, -0.15) is 0 Å². The highest BCUT2D eigenvalue weighted by Crippen LogP contribution is 2.39. The number of allylic oxidation sites excluding steroid dienone is 1. The Morgan fingerprint density at radius 2 is 1.84 bits per heavy atom. The largest absolute Gasteiger partial charge is 0.469 e. The van der Waals surface area contributed by atoms with Gasteiger partial charge in [0.15, 0.2) is 0 Å². The van der Waals surface area contributed by atoms with Gasteiger partial charge in [0, 0.05) is 22.5 Å². The van der Waals surface area contributed by atoms with Gasteiger partial charge in [-0.15, -0.1) is 11.8 Å². The van der Waals surface area contributed by atoms with Gasteiger partial charge in [-0.25, -0.2) is 0 Å². The molecule has 1 aromatic carbocycles. The number of benzene rings is 1. The molecule has 0 N–H and O–H groups in total. The highest BCUT2D eigenvalue weighted by Gasteiger charge is 2.40. The Labute approximate surface area is 198 Å². The first-order valence-electron chi connectivity index (χ1n) is 12.2. The third-order valence-electron chi connectivity index (χ3n) is 6.17. The van der Waals surface area contributed by atoms with Crippen LogP contribution < -0.4 is 0 Å². The van der Waals surface area contributed by atoms with Crippen LogP contribution in [0.5, 0.6) is 0 Å². The first-order valence-corrected chi connectivity index (χ1v) is 13.1. The first kappa shape index (κ1) is 26.5. The SMILES string of the molecule is CCCCCC(C)=CC(Sc1ccccc1)C1COC(=O)C1CCCCCCC(=O)OC. The Morgan fingerprint density at radius 1 is 1.12 bits per heavy atom. The summed E-state index contributed by atoms with van der Waals surface area (Å²) in [6, 6.07) is 10.5. The van der Waals surface area contributed by atoms with Crippen LogP contribution in [0.15, 0.2) is 46.9 Å². The molecule has 32 heavy (non-hydrogen) atoms. The van der Waals surface area contributed by atoms with E-state index in [2.05, 4.69) is 44.2 Å². The van der Waals surface area contributed by atoms with Gasteiger partial charge in [0.1, 0.15) is 0 Å². The second-order valence-corrected chi connectivity index (χ2v) is 10.0. The third-order valence-corrected chi connectivity index (χ3v) is 7.47. The van der Waals surface area contributed by atoms with Gasteiger partial charge < -0.3 is 9.47 Å². The minimum absolute atomic E-state index is 0.0414. The zero-order valence-corrected chi connectivity index (χ0v) is 20.8. The van der Waals surface area contributed by atoms with E-state index >= 15 is 0 Å². The number of esters is 2. The molecule has 0 aliphatic carbocycles. The van der Waals surface area contributed by atoms with Crippen LogP contribution in [0.4, 0.5) is 0 Å². The molecule has 5 heteroatoms. The molecule has 0 aromatic heterocycles. The van der Waals surface area contributed by atoms with Gasteiger partial charge >= 0.3 is 11.9 Å². The maximum absolute atomic E-state index is 12.6. The molecule has 1 aliphatic heterocycles. The zero-order valence-electron chi connectivity index (χ0n) is 20.0. The van der Waals surface area contributed by atoms with Gasteiger partial charge in [-0.05, 0) is 44.7 Å². The van der Waals surface area contributed by atoms with E-state index in [-0.39, 0.29) is 29.0 Å². The molecule has 0 amide bonds. The number of carbonyl (C=O) groups is 2. The molecule has 1 heterocycles. The number of methoxy groups -OCH3 is 1. The Bertz CT molecular complexity index is 716. The minimum atomic E-state index is -0.147. The summed E-state index contributed by atoms with van der Waals surface area (Å²) in [7, 11) is 1.43. The summed E-state index contributed by atoms with van der Waals surface area (Å²) in [6.45, 7) is 4.96. The van der Waals surface area contributed by atoms with Crippen LogP contribution in [-0.4, -0.2) is 30.9 Å². The molecule has 2 rings (SSSR count). The lowest BCUT2D eigenvalue weighted by atomic mass is 9.86. The molecular formula is C27H40O4S. The fourth-order valence-electron chi connectivity index (χ4n) is 4.24. The van der Waals surface area contributed by atoms with E-state index < -0.39 is 0 Å². The fourth-order valence-corrected chi connectivity index (χ4v) is 5.61. The number of hydrogen-bond acceptors (Lipinski definition) is 5. The van der Waals surface area contributed by atoms with Crippen molar-refractivity contribution in [2.24, 2.45) is 11.8 Å². The summed E-state index contributed by atoms with van der Waals surface area (Å²) >= 11 is 1.85.